The van der Waals surface area contributed by atoms with Crippen LogP contribution in [0.25, 0.3) is 11.3 Å². The Labute approximate surface area is 132 Å². The van der Waals surface area contributed by atoms with E-state index in [1.165, 1.54) is 6.39 Å². The first kappa shape index (κ1) is 14.6. The highest BCUT2D eigenvalue weighted by Crippen LogP contribution is 2.20. The fraction of sp³-hybridized carbons (Fsp3) is 0.0625. The fourth-order valence-electron chi connectivity index (χ4n) is 2.07. The van der Waals surface area contributed by atoms with Crippen LogP contribution in [-0.4, -0.2) is 15.9 Å². The van der Waals surface area contributed by atoms with Crippen LogP contribution >= 0.6 is 0 Å². The van der Waals surface area contributed by atoms with Crippen LogP contribution in [0.4, 0.5) is 11.5 Å². The Kier molecular flexibility index (Phi) is 4.19. The summed E-state index contributed by atoms with van der Waals surface area (Å²) in [5.41, 5.74) is 13.8. The van der Waals surface area contributed by atoms with Crippen LogP contribution in [0.15, 0.2) is 59.6 Å². The summed E-state index contributed by atoms with van der Waals surface area (Å²) in [7, 11) is 0. The van der Waals surface area contributed by atoms with Crippen molar-refractivity contribution in [2.75, 3.05) is 10.9 Å². The summed E-state index contributed by atoms with van der Waals surface area (Å²) in [5.74, 6) is 0.937. The number of rotatable bonds is 6. The molecule has 2 heterocycles. The molecule has 0 atom stereocenters. The Morgan fingerprint density at radius 3 is 2.70 bits per heavy atom. The molecule has 3 rings (SSSR count). The number of amides is 1. The molecule has 0 saturated carbocycles. The Hall–Kier alpha value is -3.35. The summed E-state index contributed by atoms with van der Waals surface area (Å²) in [4.78, 5) is 19.0. The van der Waals surface area contributed by atoms with Crippen LogP contribution in [0.2, 0.25) is 0 Å². The molecule has 0 spiro atoms. The van der Waals surface area contributed by atoms with E-state index < -0.39 is 0 Å². The molecule has 0 unspecified atom stereocenters. The lowest BCUT2D eigenvalue weighted by molar-refractivity contribution is -0.117. The number of primary amides is 1. The third-order valence-corrected chi connectivity index (χ3v) is 3.14. The molecule has 3 aromatic rings. The van der Waals surface area contributed by atoms with E-state index in [2.05, 4.69) is 20.8 Å². The first-order valence-corrected chi connectivity index (χ1v) is 6.95. The summed E-state index contributed by atoms with van der Waals surface area (Å²) in [6, 6.07) is 11.2. The Balaban J connectivity index is 1.63. The molecular weight excluding hydrogens is 294 g/mol. The molecule has 7 nitrogen and oxygen atoms in total. The van der Waals surface area contributed by atoms with Crippen LogP contribution < -0.4 is 16.6 Å². The number of hydrazine groups is 1. The maximum atomic E-state index is 10.9. The lowest BCUT2D eigenvalue weighted by atomic mass is 10.2. The molecule has 23 heavy (non-hydrogen) atoms. The number of hydrogen-bond acceptors (Lipinski definition) is 6. The van der Waals surface area contributed by atoms with Crippen molar-refractivity contribution in [1.29, 1.82) is 0 Å². The summed E-state index contributed by atoms with van der Waals surface area (Å²) < 4.78 is 5.24. The topological polar surface area (TPSA) is 106 Å². The van der Waals surface area contributed by atoms with Crippen LogP contribution in [-0.2, 0) is 11.2 Å². The van der Waals surface area contributed by atoms with Crippen molar-refractivity contribution in [1.82, 2.24) is 9.97 Å². The molecule has 7 heteroatoms. The summed E-state index contributed by atoms with van der Waals surface area (Å²) in [6.07, 6.45) is 4.86. The lowest BCUT2D eigenvalue weighted by Gasteiger charge is -2.10. The van der Waals surface area contributed by atoms with Gasteiger partial charge in [0.25, 0.3) is 0 Å². The van der Waals surface area contributed by atoms with E-state index in [-0.39, 0.29) is 12.3 Å². The number of nitrogens with one attached hydrogen (secondary N) is 2. The van der Waals surface area contributed by atoms with Crippen LogP contribution in [0.1, 0.15) is 5.56 Å². The Morgan fingerprint density at radius 2 is 2.00 bits per heavy atom. The number of benzene rings is 1. The second-order valence-electron chi connectivity index (χ2n) is 4.89. The number of hydrogen-bond donors (Lipinski definition) is 3. The number of nitrogens with zero attached hydrogens (tertiary/aromatic N) is 2. The molecule has 0 aliphatic rings. The van der Waals surface area contributed by atoms with E-state index in [4.69, 9.17) is 10.2 Å². The van der Waals surface area contributed by atoms with Gasteiger partial charge < -0.3 is 10.2 Å². The zero-order valence-corrected chi connectivity index (χ0v) is 12.2. The van der Waals surface area contributed by atoms with Gasteiger partial charge >= 0.3 is 0 Å². The number of pyridine rings is 1. The van der Waals surface area contributed by atoms with Crippen molar-refractivity contribution in [2.24, 2.45) is 5.73 Å². The number of nitrogens with two attached hydrogens (primary N) is 1. The predicted octanol–water partition coefficient (Wildman–Crippen LogP) is 2.20. The first-order chi connectivity index (χ1) is 11.2. The normalized spacial score (nSPS) is 10.3. The number of aromatic nitrogens is 2. The smallest absolute Gasteiger partial charge is 0.221 e. The standard InChI is InChI=1S/C16H15N5O2/c17-15(22)7-11-5-6-19-16(8-11)21-20-13-3-1-12(2-4-13)14-9-18-10-23-14/h1-6,8-10,20H,7H2,(H2,17,22)(H,19,21). The maximum Gasteiger partial charge on any atom is 0.221 e. The largest absolute Gasteiger partial charge is 0.444 e. The number of carbonyl (C=O) groups excluding carboxylic acids is 1. The van der Waals surface area contributed by atoms with Gasteiger partial charge in [0.1, 0.15) is 5.82 Å². The van der Waals surface area contributed by atoms with Gasteiger partial charge in [-0.25, -0.2) is 9.97 Å². The zero-order chi connectivity index (χ0) is 16.1. The lowest BCUT2D eigenvalue weighted by Crippen LogP contribution is -2.14. The maximum absolute atomic E-state index is 10.9. The molecule has 0 saturated heterocycles. The van der Waals surface area contributed by atoms with Gasteiger partial charge in [-0.05, 0) is 42.0 Å². The number of oxazole rings is 1. The molecule has 2 aromatic heterocycles. The Bertz CT molecular complexity index is 784. The second-order valence-corrected chi connectivity index (χ2v) is 4.89. The molecular formula is C16H15N5O2. The first-order valence-electron chi connectivity index (χ1n) is 6.95. The monoisotopic (exact) mass is 309 g/mol. The minimum absolute atomic E-state index is 0.184. The highest BCUT2D eigenvalue weighted by molar-refractivity contribution is 5.76. The van der Waals surface area contributed by atoms with E-state index >= 15 is 0 Å². The third kappa shape index (κ3) is 3.85. The molecule has 0 aliphatic heterocycles. The molecule has 0 radical (unpaired) electrons. The quantitative estimate of drug-likeness (QED) is 0.603. The van der Waals surface area contributed by atoms with Gasteiger partial charge in [-0.15, -0.1) is 0 Å². The van der Waals surface area contributed by atoms with Crippen LogP contribution in [0.5, 0.6) is 0 Å². The molecule has 4 N–H and O–H groups in total. The number of carbonyl (C=O) groups is 1. The number of anilines is 2. The van der Waals surface area contributed by atoms with Crippen molar-refractivity contribution in [3.8, 4) is 11.3 Å². The SMILES string of the molecule is NC(=O)Cc1ccnc(NNc2ccc(-c3cnco3)cc2)c1. The van der Waals surface area contributed by atoms with E-state index in [1.807, 2.05) is 24.3 Å². The van der Waals surface area contributed by atoms with E-state index in [0.717, 1.165) is 16.8 Å². The summed E-state index contributed by atoms with van der Waals surface area (Å²) in [5, 5.41) is 0. The van der Waals surface area contributed by atoms with E-state index in [9.17, 15) is 4.79 Å². The minimum Gasteiger partial charge on any atom is -0.444 e. The van der Waals surface area contributed by atoms with Crippen molar-refractivity contribution < 1.29 is 9.21 Å². The van der Waals surface area contributed by atoms with Gasteiger partial charge in [-0.3, -0.25) is 15.6 Å². The van der Waals surface area contributed by atoms with Gasteiger partial charge in [-0.1, -0.05) is 0 Å². The fourth-order valence-corrected chi connectivity index (χ4v) is 2.07. The summed E-state index contributed by atoms with van der Waals surface area (Å²) >= 11 is 0. The van der Waals surface area contributed by atoms with Crippen LogP contribution in [0.3, 0.4) is 0 Å². The van der Waals surface area contributed by atoms with Crippen molar-refractivity contribution in [3.05, 3.63) is 60.7 Å². The molecule has 0 aliphatic carbocycles. The highest BCUT2D eigenvalue weighted by Gasteiger charge is 2.02. The highest BCUT2D eigenvalue weighted by atomic mass is 16.3. The third-order valence-electron chi connectivity index (χ3n) is 3.14. The average Bonchev–Trinajstić information content (AvgIpc) is 3.08. The minimum atomic E-state index is -0.377. The van der Waals surface area contributed by atoms with E-state index in [0.29, 0.717) is 11.6 Å². The molecule has 0 bridgehead atoms. The molecule has 1 amide bonds. The summed E-state index contributed by atoms with van der Waals surface area (Å²) in [6.45, 7) is 0. The molecule has 0 fully saturated rings. The van der Waals surface area contributed by atoms with Gasteiger partial charge in [-0.2, -0.15) is 0 Å². The van der Waals surface area contributed by atoms with Gasteiger partial charge in [0.2, 0.25) is 5.91 Å². The van der Waals surface area contributed by atoms with Gasteiger partial charge in [0.05, 0.1) is 18.3 Å². The predicted molar refractivity (Wildman–Crippen MR) is 86.3 cm³/mol. The molecule has 116 valence electrons. The van der Waals surface area contributed by atoms with E-state index in [1.54, 1.807) is 24.5 Å². The van der Waals surface area contributed by atoms with Crippen LogP contribution in [0, 0.1) is 0 Å². The second kappa shape index (κ2) is 6.61. The van der Waals surface area contributed by atoms with Crippen molar-refractivity contribution in [3.63, 3.8) is 0 Å². The zero-order valence-electron chi connectivity index (χ0n) is 12.2. The van der Waals surface area contributed by atoms with Gasteiger partial charge in [0.15, 0.2) is 12.2 Å². The van der Waals surface area contributed by atoms with Crippen molar-refractivity contribution >= 4 is 17.4 Å². The Morgan fingerprint density at radius 1 is 1.17 bits per heavy atom. The average molecular weight is 309 g/mol. The van der Waals surface area contributed by atoms with Crippen molar-refractivity contribution in [2.45, 2.75) is 6.42 Å². The van der Waals surface area contributed by atoms with Gasteiger partial charge in [0, 0.05) is 11.8 Å². The molecule has 1 aromatic carbocycles.